The monoisotopic (exact) mass is 371 g/mol. The average molecular weight is 371 g/mol. The minimum absolute atomic E-state index is 0.0124. The van der Waals surface area contributed by atoms with E-state index in [9.17, 15) is 9.18 Å². The lowest BCUT2D eigenvalue weighted by molar-refractivity contribution is -0.137. The lowest BCUT2D eigenvalue weighted by Crippen LogP contribution is -2.40. The summed E-state index contributed by atoms with van der Waals surface area (Å²) < 4.78 is 20.8. The Morgan fingerprint density at radius 1 is 1.37 bits per heavy atom. The number of fused-ring (bicyclic) bond motifs is 1. The van der Waals surface area contributed by atoms with Crippen LogP contribution in [0.2, 0.25) is 0 Å². The van der Waals surface area contributed by atoms with Crippen LogP contribution >= 0.6 is 0 Å². The Balaban J connectivity index is 1.25. The summed E-state index contributed by atoms with van der Waals surface area (Å²) in [6, 6.07) is 4.37. The number of hydrogen-bond acceptors (Lipinski definition) is 4. The molecule has 1 N–H and O–H groups in total. The topological polar surface area (TPSA) is 76.0 Å². The van der Waals surface area contributed by atoms with Gasteiger partial charge in [0, 0.05) is 38.4 Å². The number of amides is 1. The Morgan fingerprint density at radius 2 is 2.19 bits per heavy atom. The number of rotatable bonds is 5. The van der Waals surface area contributed by atoms with E-state index in [4.69, 9.17) is 4.74 Å². The molecule has 2 aromatic heterocycles. The summed E-state index contributed by atoms with van der Waals surface area (Å²) in [5.41, 5.74) is 1.30. The highest BCUT2D eigenvalue weighted by Gasteiger charge is 2.25. The number of carbonyl (C=O) groups excluding carboxylic acids is 1. The first-order chi connectivity index (χ1) is 13.1. The standard InChI is InChI=1S/C19H22FN5O2/c1-24-9-6-21-19(24)13-4-7-25(8-5-13)18(26)12-27-11-17-22-15-3-2-14(20)10-16(15)23-17/h2-3,6,9-10,13H,4-5,7-8,11-12H2,1H3,(H,22,23). The molecule has 1 amide bonds. The number of aromatic nitrogens is 4. The molecule has 8 heteroatoms. The van der Waals surface area contributed by atoms with Crippen LogP contribution in [0.1, 0.15) is 30.4 Å². The fourth-order valence-electron chi connectivity index (χ4n) is 3.59. The Bertz CT molecular complexity index is 943. The predicted molar refractivity (Wildman–Crippen MR) is 97.5 cm³/mol. The second-order valence-corrected chi connectivity index (χ2v) is 6.89. The van der Waals surface area contributed by atoms with Crippen LogP contribution < -0.4 is 0 Å². The molecule has 0 saturated carbocycles. The number of hydrogen-bond donors (Lipinski definition) is 1. The maximum Gasteiger partial charge on any atom is 0.248 e. The van der Waals surface area contributed by atoms with Crippen molar-refractivity contribution in [3.05, 3.63) is 48.1 Å². The second kappa shape index (κ2) is 7.48. The van der Waals surface area contributed by atoms with E-state index in [1.54, 1.807) is 6.07 Å². The normalized spacial score (nSPS) is 15.6. The molecule has 3 heterocycles. The third kappa shape index (κ3) is 3.85. The van der Waals surface area contributed by atoms with Crippen molar-refractivity contribution in [2.75, 3.05) is 19.7 Å². The maximum absolute atomic E-state index is 13.2. The number of H-pyrrole nitrogens is 1. The second-order valence-electron chi connectivity index (χ2n) is 6.89. The number of halogens is 1. The number of nitrogens with one attached hydrogen (secondary N) is 1. The molecule has 1 aromatic carbocycles. The van der Waals surface area contributed by atoms with Gasteiger partial charge in [-0.1, -0.05) is 0 Å². The van der Waals surface area contributed by atoms with Crippen molar-refractivity contribution in [1.82, 2.24) is 24.4 Å². The van der Waals surface area contributed by atoms with Gasteiger partial charge in [0.2, 0.25) is 5.91 Å². The maximum atomic E-state index is 13.2. The first-order valence-electron chi connectivity index (χ1n) is 9.07. The molecule has 27 heavy (non-hydrogen) atoms. The van der Waals surface area contributed by atoms with E-state index in [2.05, 4.69) is 15.0 Å². The summed E-state index contributed by atoms with van der Waals surface area (Å²) in [4.78, 5) is 26.0. The Hall–Kier alpha value is -2.74. The van der Waals surface area contributed by atoms with E-state index >= 15 is 0 Å². The van der Waals surface area contributed by atoms with Gasteiger partial charge in [0.1, 0.15) is 30.7 Å². The number of nitrogens with zero attached hydrogens (tertiary/aromatic N) is 4. The van der Waals surface area contributed by atoms with Crippen LogP contribution in [-0.4, -0.2) is 50.0 Å². The molecule has 1 aliphatic heterocycles. The van der Waals surface area contributed by atoms with E-state index in [0.29, 0.717) is 35.9 Å². The fraction of sp³-hybridized carbons (Fsp3) is 0.421. The van der Waals surface area contributed by atoms with Crippen molar-refractivity contribution >= 4 is 16.9 Å². The first-order valence-corrected chi connectivity index (χ1v) is 9.07. The van der Waals surface area contributed by atoms with E-state index in [-0.39, 0.29) is 24.9 Å². The third-order valence-corrected chi connectivity index (χ3v) is 5.03. The zero-order valence-corrected chi connectivity index (χ0v) is 15.2. The number of carbonyl (C=O) groups is 1. The van der Waals surface area contributed by atoms with Crippen LogP contribution in [0, 0.1) is 5.82 Å². The van der Waals surface area contributed by atoms with Crippen LogP contribution in [0.3, 0.4) is 0 Å². The number of benzene rings is 1. The molecule has 1 aliphatic rings. The minimum Gasteiger partial charge on any atom is -0.364 e. The number of piperidine rings is 1. The molecule has 142 valence electrons. The largest absolute Gasteiger partial charge is 0.364 e. The highest BCUT2D eigenvalue weighted by molar-refractivity contribution is 5.77. The van der Waals surface area contributed by atoms with E-state index in [1.165, 1.54) is 12.1 Å². The smallest absolute Gasteiger partial charge is 0.248 e. The molecule has 0 aliphatic carbocycles. The number of aryl methyl sites for hydroxylation is 1. The summed E-state index contributed by atoms with van der Waals surface area (Å²) in [6.07, 6.45) is 5.58. The lowest BCUT2D eigenvalue weighted by Gasteiger charge is -2.31. The SMILES string of the molecule is Cn1ccnc1C1CCN(C(=O)COCc2nc3ccc(F)cc3[nH]2)CC1. The average Bonchev–Trinajstić information content (AvgIpc) is 3.27. The molecule has 1 fully saturated rings. The van der Waals surface area contributed by atoms with E-state index in [0.717, 1.165) is 18.7 Å². The summed E-state index contributed by atoms with van der Waals surface area (Å²) in [5, 5.41) is 0. The van der Waals surface area contributed by atoms with Crippen molar-refractivity contribution < 1.29 is 13.9 Å². The van der Waals surface area contributed by atoms with Crippen LogP contribution in [-0.2, 0) is 23.2 Å². The first kappa shape index (κ1) is 17.7. The van der Waals surface area contributed by atoms with Gasteiger partial charge in [-0.3, -0.25) is 4.79 Å². The van der Waals surface area contributed by atoms with E-state index in [1.807, 2.05) is 28.9 Å². The molecular formula is C19H22FN5O2. The number of aromatic amines is 1. The van der Waals surface area contributed by atoms with Crippen LogP contribution in [0.25, 0.3) is 11.0 Å². The van der Waals surface area contributed by atoms with Crippen molar-refractivity contribution in [3.63, 3.8) is 0 Å². The quantitative estimate of drug-likeness (QED) is 0.747. The summed E-state index contributed by atoms with van der Waals surface area (Å²) in [6.45, 7) is 1.62. The lowest BCUT2D eigenvalue weighted by atomic mass is 9.96. The minimum atomic E-state index is -0.317. The molecule has 0 bridgehead atoms. The zero-order chi connectivity index (χ0) is 18.8. The molecule has 7 nitrogen and oxygen atoms in total. The fourth-order valence-corrected chi connectivity index (χ4v) is 3.59. The van der Waals surface area contributed by atoms with Gasteiger partial charge in [-0.05, 0) is 31.0 Å². The van der Waals surface area contributed by atoms with Crippen LogP contribution in [0.5, 0.6) is 0 Å². The van der Waals surface area contributed by atoms with E-state index < -0.39 is 0 Å². The Kier molecular flexibility index (Phi) is 4.89. The summed E-state index contributed by atoms with van der Waals surface area (Å²) in [7, 11) is 2.00. The summed E-state index contributed by atoms with van der Waals surface area (Å²) in [5.74, 6) is 1.72. The van der Waals surface area contributed by atoms with Crippen molar-refractivity contribution in [3.8, 4) is 0 Å². The molecular weight excluding hydrogens is 349 g/mol. The molecule has 0 spiro atoms. The summed E-state index contributed by atoms with van der Waals surface area (Å²) >= 11 is 0. The number of imidazole rings is 2. The van der Waals surface area contributed by atoms with Gasteiger partial charge in [0.05, 0.1) is 11.0 Å². The molecule has 0 radical (unpaired) electrons. The van der Waals surface area contributed by atoms with Gasteiger partial charge in [-0.15, -0.1) is 0 Å². The van der Waals surface area contributed by atoms with Crippen molar-refractivity contribution in [1.29, 1.82) is 0 Å². The third-order valence-electron chi connectivity index (χ3n) is 5.03. The number of likely N-dealkylation sites (tertiary alicyclic amines) is 1. The molecule has 0 unspecified atom stereocenters. The van der Waals surface area contributed by atoms with Gasteiger partial charge < -0.3 is 19.2 Å². The molecule has 0 atom stereocenters. The van der Waals surface area contributed by atoms with Crippen LogP contribution in [0.4, 0.5) is 4.39 Å². The molecule has 3 aromatic rings. The highest BCUT2D eigenvalue weighted by Crippen LogP contribution is 2.26. The highest BCUT2D eigenvalue weighted by atomic mass is 19.1. The Labute approximate surface area is 156 Å². The van der Waals surface area contributed by atoms with Gasteiger partial charge in [-0.2, -0.15) is 0 Å². The van der Waals surface area contributed by atoms with Gasteiger partial charge >= 0.3 is 0 Å². The van der Waals surface area contributed by atoms with Crippen LogP contribution in [0.15, 0.2) is 30.6 Å². The van der Waals surface area contributed by atoms with Gasteiger partial charge in [-0.25, -0.2) is 14.4 Å². The van der Waals surface area contributed by atoms with Gasteiger partial charge in [0.15, 0.2) is 0 Å². The molecule has 4 rings (SSSR count). The Morgan fingerprint density at radius 3 is 2.93 bits per heavy atom. The molecule has 1 saturated heterocycles. The van der Waals surface area contributed by atoms with Crippen molar-refractivity contribution in [2.45, 2.75) is 25.4 Å². The predicted octanol–water partition coefficient (Wildman–Crippen LogP) is 2.36. The van der Waals surface area contributed by atoms with Crippen molar-refractivity contribution in [2.24, 2.45) is 7.05 Å². The van der Waals surface area contributed by atoms with Gasteiger partial charge in [0.25, 0.3) is 0 Å². The zero-order valence-electron chi connectivity index (χ0n) is 15.2. The number of ether oxygens (including phenoxy) is 1.